The van der Waals surface area contributed by atoms with Crippen LogP contribution in [0.4, 0.5) is 0 Å². The summed E-state index contributed by atoms with van der Waals surface area (Å²) in [5.41, 5.74) is 1.13. The molecule has 0 unspecified atom stereocenters. The highest BCUT2D eigenvalue weighted by molar-refractivity contribution is 9.10. The standard InChI is InChI=1S/C12H15BrN2S2/c1-8-7-16-12(15-8)3-4-14-6-10-5-11(13)9(2)17-10/h5,7,14H,3-4,6H2,1-2H3. The van der Waals surface area contributed by atoms with Gasteiger partial charge >= 0.3 is 0 Å². The third kappa shape index (κ3) is 3.88. The topological polar surface area (TPSA) is 24.9 Å². The summed E-state index contributed by atoms with van der Waals surface area (Å²) in [6.07, 6.45) is 1.02. The molecule has 0 fully saturated rings. The first-order chi connectivity index (χ1) is 8.15. The second kappa shape index (κ2) is 6.09. The normalized spacial score (nSPS) is 11.0. The molecule has 0 atom stereocenters. The molecule has 0 amide bonds. The number of rotatable bonds is 5. The van der Waals surface area contributed by atoms with E-state index in [4.69, 9.17) is 0 Å². The van der Waals surface area contributed by atoms with Crippen molar-refractivity contribution < 1.29 is 0 Å². The van der Waals surface area contributed by atoms with Crippen molar-refractivity contribution in [2.45, 2.75) is 26.8 Å². The van der Waals surface area contributed by atoms with Gasteiger partial charge in [0.15, 0.2) is 0 Å². The maximum absolute atomic E-state index is 4.45. The van der Waals surface area contributed by atoms with Crippen molar-refractivity contribution in [2.75, 3.05) is 6.54 Å². The molecule has 17 heavy (non-hydrogen) atoms. The highest BCUT2D eigenvalue weighted by atomic mass is 79.9. The summed E-state index contributed by atoms with van der Waals surface area (Å²) >= 11 is 7.13. The molecule has 5 heteroatoms. The van der Waals surface area contributed by atoms with Gasteiger partial charge in [-0.25, -0.2) is 4.98 Å². The molecule has 1 N–H and O–H groups in total. The zero-order valence-corrected chi connectivity index (χ0v) is 13.1. The Morgan fingerprint density at radius 2 is 2.24 bits per heavy atom. The lowest BCUT2D eigenvalue weighted by atomic mass is 10.4. The van der Waals surface area contributed by atoms with E-state index in [-0.39, 0.29) is 0 Å². The van der Waals surface area contributed by atoms with E-state index in [0.29, 0.717) is 0 Å². The summed E-state index contributed by atoms with van der Waals surface area (Å²) in [4.78, 5) is 7.17. The van der Waals surface area contributed by atoms with Crippen molar-refractivity contribution in [3.63, 3.8) is 0 Å². The first kappa shape index (κ1) is 13.2. The van der Waals surface area contributed by atoms with Gasteiger partial charge in [-0.05, 0) is 35.8 Å². The number of nitrogens with one attached hydrogen (secondary N) is 1. The Labute approximate surface area is 118 Å². The molecule has 92 valence electrons. The monoisotopic (exact) mass is 330 g/mol. The molecule has 0 radical (unpaired) electrons. The number of hydrogen-bond acceptors (Lipinski definition) is 4. The van der Waals surface area contributed by atoms with Crippen molar-refractivity contribution in [3.05, 3.63) is 36.4 Å². The van der Waals surface area contributed by atoms with Crippen LogP contribution >= 0.6 is 38.6 Å². The van der Waals surface area contributed by atoms with E-state index in [2.05, 4.69) is 44.6 Å². The first-order valence-electron chi connectivity index (χ1n) is 5.51. The number of halogens is 1. The SMILES string of the molecule is Cc1csc(CCNCc2cc(Br)c(C)s2)n1. The Bertz CT molecular complexity index is 471. The van der Waals surface area contributed by atoms with E-state index in [0.717, 1.165) is 25.2 Å². The third-order valence-electron chi connectivity index (χ3n) is 2.39. The number of hydrogen-bond donors (Lipinski definition) is 1. The summed E-state index contributed by atoms with van der Waals surface area (Å²) in [5, 5.41) is 6.78. The molecule has 0 saturated carbocycles. The lowest BCUT2D eigenvalue weighted by Crippen LogP contribution is -2.15. The summed E-state index contributed by atoms with van der Waals surface area (Å²) in [6, 6.07) is 2.19. The van der Waals surface area contributed by atoms with Gasteiger partial charge in [0.05, 0.1) is 5.01 Å². The predicted molar refractivity (Wildman–Crippen MR) is 79.0 cm³/mol. The molecule has 2 rings (SSSR count). The quantitative estimate of drug-likeness (QED) is 0.840. The molecule has 0 aliphatic carbocycles. The fourth-order valence-corrected chi connectivity index (χ4v) is 3.88. The number of thiazole rings is 1. The summed E-state index contributed by atoms with van der Waals surface area (Å²) < 4.78 is 1.22. The Hall–Kier alpha value is -0.230. The molecule has 2 aromatic rings. The Kier molecular flexibility index (Phi) is 4.73. The van der Waals surface area contributed by atoms with Crippen molar-refractivity contribution in [3.8, 4) is 0 Å². The largest absolute Gasteiger partial charge is 0.311 e. The van der Waals surface area contributed by atoms with Crippen LogP contribution in [0, 0.1) is 13.8 Å². The van der Waals surface area contributed by atoms with Crippen LogP contribution in [-0.2, 0) is 13.0 Å². The molecule has 2 aromatic heterocycles. The maximum Gasteiger partial charge on any atom is 0.0940 e. The fraction of sp³-hybridized carbons (Fsp3) is 0.417. The van der Waals surface area contributed by atoms with Crippen LogP contribution in [0.5, 0.6) is 0 Å². The lowest BCUT2D eigenvalue weighted by Gasteiger charge is -2.00. The highest BCUT2D eigenvalue weighted by Crippen LogP contribution is 2.26. The van der Waals surface area contributed by atoms with Gasteiger partial charge in [0.2, 0.25) is 0 Å². The van der Waals surface area contributed by atoms with E-state index in [9.17, 15) is 0 Å². The highest BCUT2D eigenvalue weighted by Gasteiger charge is 2.02. The molecular formula is C12H15BrN2S2. The van der Waals surface area contributed by atoms with Gasteiger partial charge in [0, 0.05) is 44.8 Å². The number of aromatic nitrogens is 1. The van der Waals surface area contributed by atoms with Crippen molar-refractivity contribution in [1.82, 2.24) is 10.3 Å². The molecule has 0 aliphatic heterocycles. The van der Waals surface area contributed by atoms with Crippen LogP contribution in [0.2, 0.25) is 0 Å². The van der Waals surface area contributed by atoms with Crippen LogP contribution in [0.15, 0.2) is 15.9 Å². The summed E-state index contributed by atoms with van der Waals surface area (Å²) in [5.74, 6) is 0. The first-order valence-corrected chi connectivity index (χ1v) is 8.00. The van der Waals surface area contributed by atoms with E-state index in [1.165, 1.54) is 19.2 Å². The molecule has 0 aliphatic rings. The average Bonchev–Trinajstić information content (AvgIpc) is 2.82. The molecule has 2 heterocycles. The minimum absolute atomic E-state index is 0.946. The van der Waals surface area contributed by atoms with Crippen molar-refractivity contribution in [2.24, 2.45) is 0 Å². The number of aryl methyl sites for hydroxylation is 2. The van der Waals surface area contributed by atoms with Crippen molar-refractivity contribution in [1.29, 1.82) is 0 Å². The summed E-state index contributed by atoms with van der Waals surface area (Å²) in [6.45, 7) is 6.11. The van der Waals surface area contributed by atoms with Gasteiger partial charge in [-0.1, -0.05) is 0 Å². The Balaban J connectivity index is 1.73. The second-order valence-corrected chi connectivity index (χ2v) is 7.06. The molecule has 0 bridgehead atoms. The van der Waals surface area contributed by atoms with Gasteiger partial charge in [0.25, 0.3) is 0 Å². The number of thiophene rings is 1. The third-order valence-corrected chi connectivity index (χ3v) is 5.55. The molecule has 0 spiro atoms. The Morgan fingerprint density at radius 1 is 1.41 bits per heavy atom. The van der Waals surface area contributed by atoms with Gasteiger partial charge in [0.1, 0.15) is 0 Å². The predicted octanol–water partition coefficient (Wildman–Crippen LogP) is 3.92. The van der Waals surface area contributed by atoms with Gasteiger partial charge < -0.3 is 5.32 Å². The minimum atomic E-state index is 0.946. The van der Waals surface area contributed by atoms with Crippen LogP contribution in [0.1, 0.15) is 20.5 Å². The minimum Gasteiger partial charge on any atom is -0.311 e. The van der Waals surface area contributed by atoms with E-state index in [1.54, 1.807) is 11.3 Å². The van der Waals surface area contributed by atoms with Gasteiger partial charge in [-0.15, -0.1) is 22.7 Å². The summed E-state index contributed by atoms with van der Waals surface area (Å²) in [7, 11) is 0. The molecule has 0 aromatic carbocycles. The fourth-order valence-electron chi connectivity index (χ4n) is 1.53. The van der Waals surface area contributed by atoms with E-state index >= 15 is 0 Å². The Morgan fingerprint density at radius 3 is 2.82 bits per heavy atom. The van der Waals surface area contributed by atoms with Crippen LogP contribution in [0.3, 0.4) is 0 Å². The van der Waals surface area contributed by atoms with Gasteiger partial charge in [-0.2, -0.15) is 0 Å². The smallest absolute Gasteiger partial charge is 0.0940 e. The van der Waals surface area contributed by atoms with Gasteiger partial charge in [-0.3, -0.25) is 0 Å². The van der Waals surface area contributed by atoms with Crippen LogP contribution < -0.4 is 5.32 Å². The number of nitrogens with zero attached hydrogens (tertiary/aromatic N) is 1. The van der Waals surface area contributed by atoms with Crippen LogP contribution in [0.25, 0.3) is 0 Å². The molecule has 2 nitrogen and oxygen atoms in total. The van der Waals surface area contributed by atoms with E-state index in [1.807, 2.05) is 18.3 Å². The lowest BCUT2D eigenvalue weighted by molar-refractivity contribution is 0.691. The zero-order valence-electron chi connectivity index (χ0n) is 9.92. The maximum atomic E-state index is 4.45. The van der Waals surface area contributed by atoms with Crippen LogP contribution in [-0.4, -0.2) is 11.5 Å². The average molecular weight is 331 g/mol. The van der Waals surface area contributed by atoms with Crippen molar-refractivity contribution >= 4 is 38.6 Å². The second-order valence-electron chi connectivity index (χ2n) is 3.93. The zero-order chi connectivity index (χ0) is 12.3. The van der Waals surface area contributed by atoms with E-state index < -0.39 is 0 Å². The molecule has 0 saturated heterocycles. The molecular weight excluding hydrogens is 316 g/mol.